The SMILES string of the molecule is CC(C)C[C@H](N[C@@H](CCCc1ccccc1)C(=O)O)C(=O)N(c1ccc(-c2ccccc2)cc1)[C@@H](C)C(=O)[O-].CC(C)C[C@H](N[C@@H](CCCc1ccccc1)C(=O)O)C(=O)N(c1ccc(-c2ccccc2)cc1)[C@@H](C)C(=O)[O-].[Li+].[Li+]. The molecule has 412 valence electrons. The third-order valence-corrected chi connectivity index (χ3v) is 13.5. The average molecular weight is 1070 g/mol. The average Bonchev–Trinajstić information content (AvgIpc) is 3.43. The standard InChI is InChI=1S/2C32H38N2O5.2Li/c2*1-22(2)21-29(33-28(32(38)39)16-10-13-24-11-6-4-7-12-24)30(35)34(23(3)31(36)37)27-19-17-26(18-20-27)25-14-8-5-9-15-25;;/h2*4-9,11-12,14-15,17-20,22-23,28-29,33H,10,13,16,21H2,1-3H3,(H,36,37)(H,38,39);;/q;;2*+1/p-2/t2*23-,28-,29-;;/m00../s1. The van der Waals surface area contributed by atoms with Crippen molar-refractivity contribution in [2.24, 2.45) is 11.8 Å². The fourth-order valence-electron chi connectivity index (χ4n) is 9.30. The maximum Gasteiger partial charge on any atom is 1.00 e. The van der Waals surface area contributed by atoms with E-state index in [9.17, 15) is 49.2 Å². The monoisotopic (exact) mass is 1070 g/mol. The van der Waals surface area contributed by atoms with Crippen molar-refractivity contribution in [3.8, 4) is 22.3 Å². The van der Waals surface area contributed by atoms with Gasteiger partial charge in [-0.1, -0.05) is 173 Å². The number of rotatable bonds is 28. The first-order valence-corrected chi connectivity index (χ1v) is 26.8. The van der Waals surface area contributed by atoms with Gasteiger partial charge in [-0.15, -0.1) is 0 Å². The smallest absolute Gasteiger partial charge is 0.548 e. The van der Waals surface area contributed by atoms with Gasteiger partial charge in [-0.3, -0.25) is 29.8 Å². The van der Waals surface area contributed by atoms with E-state index in [0.717, 1.165) is 46.2 Å². The minimum Gasteiger partial charge on any atom is -0.548 e. The zero-order chi connectivity index (χ0) is 56.7. The second kappa shape index (κ2) is 34.4. The van der Waals surface area contributed by atoms with Crippen molar-refractivity contribution in [1.29, 1.82) is 0 Å². The number of carbonyl (C=O) groups excluding carboxylic acids is 4. The van der Waals surface area contributed by atoms with Gasteiger partial charge in [0.25, 0.3) is 0 Å². The summed E-state index contributed by atoms with van der Waals surface area (Å²) in [6.07, 6.45) is 4.03. The molecule has 0 spiro atoms. The first-order valence-electron chi connectivity index (χ1n) is 26.8. The fraction of sp³-hybridized carbons (Fsp3) is 0.344. The summed E-state index contributed by atoms with van der Waals surface area (Å²) < 4.78 is 0. The molecule has 0 aliphatic carbocycles. The number of aryl methyl sites for hydroxylation is 2. The first kappa shape index (κ1) is 67.5. The first-order chi connectivity index (χ1) is 37.3. The molecule has 14 nitrogen and oxygen atoms in total. The summed E-state index contributed by atoms with van der Waals surface area (Å²) in [7, 11) is 0. The largest absolute Gasteiger partial charge is 1.00 e. The zero-order valence-electron chi connectivity index (χ0n) is 47.5. The summed E-state index contributed by atoms with van der Waals surface area (Å²) in [6, 6.07) is 47.0. The van der Waals surface area contributed by atoms with Gasteiger partial charge >= 0.3 is 49.7 Å². The normalized spacial score (nSPS) is 13.1. The van der Waals surface area contributed by atoms with Crippen LogP contribution in [0.3, 0.4) is 0 Å². The van der Waals surface area contributed by atoms with E-state index in [2.05, 4.69) is 10.6 Å². The second-order valence-corrected chi connectivity index (χ2v) is 20.5. The van der Waals surface area contributed by atoms with Gasteiger partial charge in [-0.25, -0.2) is 0 Å². The summed E-state index contributed by atoms with van der Waals surface area (Å²) in [6.45, 7) is 10.6. The van der Waals surface area contributed by atoms with Crippen LogP contribution >= 0.6 is 0 Å². The van der Waals surface area contributed by atoms with E-state index >= 15 is 0 Å². The number of carbonyl (C=O) groups is 6. The van der Waals surface area contributed by atoms with Crippen LogP contribution in [0.5, 0.6) is 0 Å². The Morgan fingerprint density at radius 3 is 0.950 bits per heavy atom. The maximum atomic E-state index is 13.9. The van der Waals surface area contributed by atoms with Crippen molar-refractivity contribution < 1.29 is 86.9 Å². The van der Waals surface area contributed by atoms with Gasteiger partial charge < -0.3 is 39.8 Å². The Morgan fingerprint density at radius 2 is 0.688 bits per heavy atom. The molecule has 0 aliphatic rings. The molecule has 0 fully saturated rings. The van der Waals surface area contributed by atoms with Crippen molar-refractivity contribution in [1.82, 2.24) is 10.6 Å². The molecule has 0 radical (unpaired) electrons. The van der Waals surface area contributed by atoms with Crippen LogP contribution in [0.25, 0.3) is 22.3 Å². The van der Waals surface area contributed by atoms with Gasteiger partial charge in [-0.2, -0.15) is 0 Å². The van der Waals surface area contributed by atoms with E-state index in [4.69, 9.17) is 0 Å². The van der Waals surface area contributed by atoms with Crippen LogP contribution in [-0.4, -0.2) is 82.2 Å². The predicted octanol–water partition coefficient (Wildman–Crippen LogP) is 2.62. The molecule has 0 unspecified atom stereocenters. The van der Waals surface area contributed by atoms with E-state index in [1.165, 1.54) is 23.6 Å². The van der Waals surface area contributed by atoms with Crippen LogP contribution < -0.4 is 68.4 Å². The molecule has 16 heteroatoms. The number of nitrogens with zero attached hydrogens (tertiary/aromatic N) is 2. The molecule has 6 aromatic carbocycles. The molecule has 80 heavy (non-hydrogen) atoms. The van der Waals surface area contributed by atoms with Crippen molar-refractivity contribution in [2.45, 2.75) is 129 Å². The van der Waals surface area contributed by atoms with Gasteiger partial charge in [0.2, 0.25) is 11.8 Å². The van der Waals surface area contributed by atoms with Gasteiger partial charge in [0.15, 0.2) is 0 Å². The van der Waals surface area contributed by atoms with Crippen molar-refractivity contribution in [3.05, 3.63) is 181 Å². The Bertz CT molecular complexity index is 2630. The summed E-state index contributed by atoms with van der Waals surface area (Å²) in [5, 5.41) is 49.8. The van der Waals surface area contributed by atoms with Crippen LogP contribution in [0, 0.1) is 11.8 Å². The Kier molecular flexibility index (Phi) is 29.0. The van der Waals surface area contributed by atoms with Crippen molar-refractivity contribution in [2.75, 3.05) is 9.80 Å². The summed E-state index contributed by atoms with van der Waals surface area (Å²) >= 11 is 0. The van der Waals surface area contributed by atoms with Crippen LogP contribution in [-0.2, 0) is 41.6 Å². The number of amides is 2. The number of carboxylic acid groups (broad SMARTS) is 4. The molecule has 6 rings (SSSR count). The Hall–Kier alpha value is -6.75. The summed E-state index contributed by atoms with van der Waals surface area (Å²) in [4.78, 5) is 78.4. The predicted molar refractivity (Wildman–Crippen MR) is 302 cm³/mol. The van der Waals surface area contributed by atoms with Crippen molar-refractivity contribution >= 4 is 47.1 Å². The Morgan fingerprint density at radius 1 is 0.412 bits per heavy atom. The maximum absolute atomic E-state index is 13.9. The van der Waals surface area contributed by atoms with Gasteiger partial charge in [-0.05, 0) is 135 Å². The molecular formula is C64H74Li2N4O10. The quantitative estimate of drug-likeness (QED) is 0.0522. The minimum absolute atomic E-state index is 0. The minimum atomic E-state index is -1.39. The van der Waals surface area contributed by atoms with E-state index in [1.807, 2.05) is 173 Å². The molecule has 4 N–H and O–H groups in total. The van der Waals surface area contributed by atoms with Gasteiger partial charge in [0.1, 0.15) is 12.1 Å². The zero-order valence-corrected chi connectivity index (χ0v) is 47.5. The van der Waals surface area contributed by atoms with E-state index in [1.54, 1.807) is 24.3 Å². The molecule has 0 saturated heterocycles. The molecule has 0 bridgehead atoms. The molecule has 0 saturated carbocycles. The van der Waals surface area contributed by atoms with E-state index in [0.29, 0.717) is 49.9 Å². The van der Waals surface area contributed by atoms with E-state index in [-0.39, 0.29) is 49.6 Å². The fourth-order valence-corrected chi connectivity index (χ4v) is 9.30. The van der Waals surface area contributed by atoms with E-state index < -0.39 is 71.9 Å². The van der Waals surface area contributed by atoms with Crippen LogP contribution in [0.4, 0.5) is 11.4 Å². The summed E-state index contributed by atoms with van der Waals surface area (Å²) in [5.74, 6) is -5.75. The molecular weight excluding hydrogens is 999 g/mol. The Labute approximate surface area is 495 Å². The number of benzene rings is 6. The van der Waals surface area contributed by atoms with Crippen LogP contribution in [0.1, 0.15) is 91.2 Å². The number of hydrogen-bond acceptors (Lipinski definition) is 10. The molecule has 6 atom stereocenters. The number of anilines is 2. The van der Waals surface area contributed by atoms with Gasteiger partial charge in [0.05, 0.1) is 36.1 Å². The molecule has 2 amide bonds. The number of hydrogen-bond donors (Lipinski definition) is 4. The second-order valence-electron chi connectivity index (χ2n) is 20.5. The third kappa shape index (κ3) is 21.1. The topological polar surface area (TPSA) is 220 Å². The number of carboxylic acids is 4. The summed E-state index contributed by atoms with van der Waals surface area (Å²) in [5.41, 5.74) is 6.88. The third-order valence-electron chi connectivity index (χ3n) is 13.5. The molecule has 0 aliphatic heterocycles. The number of nitrogens with one attached hydrogen (secondary N) is 2. The number of aliphatic carboxylic acids is 4. The molecule has 0 aromatic heterocycles. The van der Waals surface area contributed by atoms with Crippen LogP contribution in [0.2, 0.25) is 0 Å². The molecule has 0 heterocycles. The molecule has 6 aromatic rings. The van der Waals surface area contributed by atoms with Crippen molar-refractivity contribution in [3.63, 3.8) is 0 Å². The van der Waals surface area contributed by atoms with Gasteiger partial charge in [0, 0.05) is 11.4 Å². The Balaban J connectivity index is 0.000000410. The van der Waals surface area contributed by atoms with Crippen LogP contribution in [0.15, 0.2) is 170 Å².